The topological polar surface area (TPSA) is 176 Å². The molecule has 4 heterocycles. The van der Waals surface area contributed by atoms with Gasteiger partial charge in [-0.1, -0.05) is 74.6 Å². The molecule has 3 aliphatic carbocycles. The number of hydrogen-bond acceptors (Lipinski definition) is 8. The molecule has 1 spiro atoms. The third-order valence-electron chi connectivity index (χ3n) is 14.5. The molecule has 5 amide bonds. The molecule has 15 heteroatoms. The quantitative estimate of drug-likeness (QED) is 0.204. The number of halogens is 1. The Hall–Kier alpha value is -5.05. The van der Waals surface area contributed by atoms with Crippen LogP contribution in [0.1, 0.15) is 115 Å². The molecule has 6 aliphatic rings. The Balaban J connectivity index is 1.08. The average Bonchev–Trinajstić information content (AvgIpc) is 3.92. The maximum Gasteiger partial charge on any atom is 0.315 e. The van der Waals surface area contributed by atoms with Crippen LogP contribution in [-0.2, 0) is 30.8 Å². The molecule has 0 unspecified atom stereocenters. The van der Waals surface area contributed by atoms with Crippen LogP contribution in [0.2, 0.25) is 0 Å². The molecule has 3 aromatic rings. The van der Waals surface area contributed by atoms with Crippen LogP contribution >= 0.6 is 0 Å². The van der Waals surface area contributed by atoms with Gasteiger partial charge in [-0.25, -0.2) is 22.6 Å². The van der Waals surface area contributed by atoms with E-state index in [9.17, 15) is 22.4 Å². The fraction of sp³-hybridized carbons (Fsp3) is 0.553. The zero-order valence-electron chi connectivity index (χ0n) is 35.3. The van der Waals surface area contributed by atoms with Gasteiger partial charge in [0, 0.05) is 34.9 Å². The number of pyridine rings is 1. The van der Waals surface area contributed by atoms with Crippen molar-refractivity contribution in [2.24, 2.45) is 5.92 Å². The minimum atomic E-state index is -4.03. The lowest BCUT2D eigenvalue weighted by molar-refractivity contribution is -0.144. The number of allylic oxidation sites excluding steroid dienone is 1. The summed E-state index contributed by atoms with van der Waals surface area (Å²) in [4.78, 5) is 64.5. The Morgan fingerprint density at radius 3 is 2.45 bits per heavy atom. The van der Waals surface area contributed by atoms with Crippen molar-refractivity contribution in [1.29, 1.82) is 0 Å². The van der Waals surface area contributed by atoms with E-state index in [1.54, 1.807) is 19.1 Å². The molecule has 62 heavy (non-hydrogen) atoms. The Morgan fingerprint density at radius 1 is 0.919 bits per heavy atom. The maximum absolute atomic E-state index is 15.1. The molecule has 3 saturated carbocycles. The average molecular weight is 869 g/mol. The lowest BCUT2D eigenvalue weighted by atomic mass is 9.65. The van der Waals surface area contributed by atoms with Crippen LogP contribution in [0.4, 0.5) is 9.18 Å². The van der Waals surface area contributed by atoms with Crippen molar-refractivity contribution in [1.82, 2.24) is 30.6 Å². The van der Waals surface area contributed by atoms with Crippen molar-refractivity contribution in [3.8, 4) is 17.0 Å². The van der Waals surface area contributed by atoms with E-state index in [0.29, 0.717) is 68.4 Å². The van der Waals surface area contributed by atoms with Gasteiger partial charge in [0.15, 0.2) is 0 Å². The number of nitrogens with zero attached hydrogens (tertiary/aromatic N) is 2. The highest BCUT2D eigenvalue weighted by Gasteiger charge is 2.59. The number of hydrogen-bond donors (Lipinski definition) is 4. The number of para-hydroxylation sites is 1. The van der Waals surface area contributed by atoms with Crippen molar-refractivity contribution >= 4 is 44.7 Å². The van der Waals surface area contributed by atoms with Gasteiger partial charge in [0.25, 0.3) is 5.91 Å². The number of nitrogens with one attached hydrogen (secondary N) is 4. The SMILES string of the molecule is CC1(S(=O)(=O)NC(=O)[C@@]23CC[C@H]2/C=C\CCCCC[C@H](NC(=O)NC2CCCCC2)C(=O)N2C[C@@]4(CCc5c(c(-c6cccc(F)c6)nc6ccccc56)O4)C[C@H]2C(=O)N3)CC1. The number of sulfonamides is 1. The van der Waals surface area contributed by atoms with E-state index in [2.05, 4.69) is 20.7 Å². The molecule has 2 aromatic carbocycles. The van der Waals surface area contributed by atoms with Crippen LogP contribution in [0, 0.1) is 11.7 Å². The third kappa shape index (κ3) is 8.05. The van der Waals surface area contributed by atoms with E-state index in [-0.39, 0.29) is 25.4 Å². The summed E-state index contributed by atoms with van der Waals surface area (Å²) in [6.45, 7) is 1.60. The Labute approximate surface area is 362 Å². The molecule has 13 nitrogen and oxygen atoms in total. The van der Waals surface area contributed by atoms with Crippen LogP contribution < -0.4 is 25.4 Å². The number of rotatable bonds is 6. The van der Waals surface area contributed by atoms with Crippen molar-refractivity contribution in [3.63, 3.8) is 0 Å². The van der Waals surface area contributed by atoms with Gasteiger partial charge in [-0.3, -0.25) is 19.1 Å². The Bertz CT molecular complexity index is 2420. The van der Waals surface area contributed by atoms with E-state index in [1.165, 1.54) is 17.0 Å². The molecule has 0 bridgehead atoms. The molecular weight excluding hydrogens is 812 g/mol. The van der Waals surface area contributed by atoms with E-state index in [4.69, 9.17) is 9.72 Å². The number of amides is 5. The van der Waals surface area contributed by atoms with Gasteiger partial charge in [0.1, 0.15) is 40.5 Å². The molecule has 1 saturated heterocycles. The standard InChI is InChI=1S/C47H57FN6O7S/c1-45(25-26-45)62(59,60)53-43(57)47-24-21-31(47)14-6-3-2-4-9-20-37(51-44(58)49-33-16-7-5-8-17-33)42(56)54-29-46(28-38(54)41(55)52-47)23-22-35-34-18-10-11-19-36(34)50-39(40(35)61-46)30-13-12-15-32(48)27-30/h6,10-15,18-19,27,31,33,37-38H,2-5,7-9,16-17,20-26,28-29H2,1H3,(H,52,55)(H,53,57)(H2,49,51,58)/b14-6-/t31-,37+,38+,46-,47-/m1/s1. The first-order valence-electron chi connectivity index (χ1n) is 22.6. The molecule has 3 aliphatic heterocycles. The summed E-state index contributed by atoms with van der Waals surface area (Å²) in [5.74, 6) is -2.26. The molecule has 4 N–H and O–H groups in total. The van der Waals surface area contributed by atoms with E-state index in [1.807, 2.05) is 36.4 Å². The van der Waals surface area contributed by atoms with Crippen molar-refractivity contribution < 1.29 is 36.7 Å². The summed E-state index contributed by atoms with van der Waals surface area (Å²) in [5, 5.41) is 10.0. The van der Waals surface area contributed by atoms with Crippen LogP contribution in [-0.4, -0.2) is 82.6 Å². The van der Waals surface area contributed by atoms with Crippen LogP contribution in [0.5, 0.6) is 5.75 Å². The zero-order chi connectivity index (χ0) is 43.3. The van der Waals surface area contributed by atoms with Crippen LogP contribution in [0.25, 0.3) is 22.2 Å². The molecule has 1 aromatic heterocycles. The normalized spacial score (nSPS) is 29.3. The lowest BCUT2D eigenvalue weighted by Crippen LogP contribution is -2.70. The second-order valence-electron chi connectivity index (χ2n) is 18.8. The Morgan fingerprint density at radius 2 is 1.69 bits per heavy atom. The highest BCUT2D eigenvalue weighted by atomic mass is 32.2. The summed E-state index contributed by atoms with van der Waals surface area (Å²) in [6, 6.07) is 11.3. The number of urea groups is 1. The number of fused-ring (bicyclic) bond motifs is 5. The summed E-state index contributed by atoms with van der Waals surface area (Å²) >= 11 is 0. The number of aromatic nitrogens is 1. The summed E-state index contributed by atoms with van der Waals surface area (Å²) in [5.41, 5.74) is -0.0844. The number of carbonyl (C=O) groups excluding carboxylic acids is 4. The van der Waals surface area contributed by atoms with Gasteiger partial charge >= 0.3 is 6.03 Å². The van der Waals surface area contributed by atoms with Gasteiger partial charge < -0.3 is 25.6 Å². The summed E-state index contributed by atoms with van der Waals surface area (Å²) < 4.78 is 50.0. The predicted molar refractivity (Wildman–Crippen MR) is 232 cm³/mol. The molecule has 330 valence electrons. The largest absolute Gasteiger partial charge is 0.483 e. The first kappa shape index (κ1) is 42.3. The van der Waals surface area contributed by atoms with Gasteiger partial charge in [0.05, 0.1) is 16.8 Å². The fourth-order valence-corrected chi connectivity index (χ4v) is 11.6. The molecular formula is C47H57FN6O7S. The predicted octanol–water partition coefficient (Wildman–Crippen LogP) is 6.49. The third-order valence-corrected chi connectivity index (χ3v) is 16.7. The molecule has 9 rings (SSSR count). The lowest BCUT2D eigenvalue weighted by Gasteiger charge is -2.48. The van der Waals surface area contributed by atoms with Crippen molar-refractivity contribution in [2.45, 2.75) is 150 Å². The minimum absolute atomic E-state index is 0.00351. The van der Waals surface area contributed by atoms with Gasteiger partial charge in [-0.15, -0.1) is 0 Å². The van der Waals surface area contributed by atoms with E-state index in [0.717, 1.165) is 61.4 Å². The number of aryl methyl sites for hydroxylation is 1. The smallest absolute Gasteiger partial charge is 0.315 e. The number of ether oxygens (including phenoxy) is 1. The molecule has 4 fully saturated rings. The molecule has 5 atom stereocenters. The van der Waals surface area contributed by atoms with Crippen molar-refractivity contribution in [3.05, 3.63) is 72.1 Å². The first-order valence-corrected chi connectivity index (χ1v) is 24.1. The van der Waals surface area contributed by atoms with Gasteiger partial charge in [-0.2, -0.15) is 0 Å². The highest BCUT2D eigenvalue weighted by molar-refractivity contribution is 7.91. The van der Waals surface area contributed by atoms with Gasteiger partial charge in [0.2, 0.25) is 21.8 Å². The van der Waals surface area contributed by atoms with E-state index < -0.39 is 73.5 Å². The second kappa shape index (κ2) is 16.6. The monoisotopic (exact) mass is 868 g/mol. The molecule has 0 radical (unpaired) electrons. The zero-order valence-corrected chi connectivity index (χ0v) is 36.2. The van der Waals surface area contributed by atoms with E-state index >= 15 is 9.59 Å². The summed E-state index contributed by atoms with van der Waals surface area (Å²) in [6.07, 6.45) is 14.7. The van der Waals surface area contributed by atoms with Crippen LogP contribution in [0.15, 0.2) is 60.7 Å². The first-order chi connectivity index (χ1) is 29.8. The van der Waals surface area contributed by atoms with Crippen LogP contribution in [0.3, 0.4) is 0 Å². The van der Waals surface area contributed by atoms with Crippen molar-refractivity contribution in [2.75, 3.05) is 6.54 Å². The second-order valence-corrected chi connectivity index (χ2v) is 21.0. The highest BCUT2D eigenvalue weighted by Crippen LogP contribution is 2.49. The number of carbonyl (C=O) groups is 4. The Kier molecular flexibility index (Phi) is 11.3. The van der Waals surface area contributed by atoms with Gasteiger partial charge in [-0.05, 0) is 95.8 Å². The maximum atomic E-state index is 15.1. The minimum Gasteiger partial charge on any atom is -0.483 e. The fourth-order valence-electron chi connectivity index (χ4n) is 10.3. The number of benzene rings is 2. The summed E-state index contributed by atoms with van der Waals surface area (Å²) in [7, 11) is -4.03.